The number of piperidine rings is 2. The molecule has 2 bridgehead atoms. The molecular formula is C12H24ClNO. The van der Waals surface area contributed by atoms with E-state index in [-0.39, 0.29) is 12.4 Å². The van der Waals surface area contributed by atoms with Crippen LogP contribution in [0.2, 0.25) is 0 Å². The predicted octanol–water partition coefficient (Wildman–Crippen LogP) is 2.21. The molecule has 0 spiro atoms. The third-order valence-corrected chi connectivity index (χ3v) is 4.08. The molecule has 0 radical (unpaired) electrons. The number of unbranched alkanes of at least 4 members (excludes halogenated alkanes) is 3. The van der Waals surface area contributed by atoms with E-state index in [1.165, 1.54) is 45.2 Å². The molecular weight excluding hydrogens is 210 g/mol. The molecule has 3 aliphatic rings. The number of halogens is 1. The summed E-state index contributed by atoms with van der Waals surface area (Å²) >= 11 is 0. The molecule has 1 aliphatic carbocycles. The molecule has 2 heterocycles. The maximum Gasteiger partial charge on any atom is 0.0431 e. The summed E-state index contributed by atoms with van der Waals surface area (Å²) in [4.78, 5) is 0. The average molecular weight is 234 g/mol. The summed E-state index contributed by atoms with van der Waals surface area (Å²) in [6, 6.07) is 0. The van der Waals surface area contributed by atoms with Gasteiger partial charge < -0.3 is 10.4 Å². The molecule has 3 rings (SSSR count). The molecule has 2 aliphatic heterocycles. The van der Waals surface area contributed by atoms with Crippen molar-refractivity contribution in [3.63, 3.8) is 0 Å². The minimum absolute atomic E-state index is 0. The van der Waals surface area contributed by atoms with Crippen molar-refractivity contribution in [1.82, 2.24) is 5.32 Å². The Kier molecular flexibility index (Phi) is 5.95. The first kappa shape index (κ1) is 13.3. The Morgan fingerprint density at radius 3 is 2.27 bits per heavy atom. The fourth-order valence-corrected chi connectivity index (χ4v) is 3.17. The zero-order valence-corrected chi connectivity index (χ0v) is 10.3. The molecule has 0 aromatic heterocycles. The number of fused-ring (bicyclic) bond motifs is 2. The first-order chi connectivity index (χ1) is 6.92. The molecule has 0 aromatic carbocycles. The Morgan fingerprint density at radius 1 is 1.00 bits per heavy atom. The summed E-state index contributed by atoms with van der Waals surface area (Å²) in [5, 5.41) is 12.1. The maximum absolute atomic E-state index is 8.66. The lowest BCUT2D eigenvalue weighted by atomic mass is 9.60. The summed E-state index contributed by atoms with van der Waals surface area (Å²) in [7, 11) is 0. The standard InChI is InChI=1S/C12H23NO.ClH/c14-6-4-2-1-3-5-12-10-7-11(12)9-13-8-10;/h10-14H,1-9H2;1H. The SMILES string of the molecule is Cl.OCCCCCCC1C2CNCC1C2. The van der Waals surface area contributed by atoms with Gasteiger partial charge in [-0.25, -0.2) is 0 Å². The summed E-state index contributed by atoms with van der Waals surface area (Å²) in [5.74, 6) is 3.06. The Balaban J connectivity index is 0.00000112. The molecule has 2 N–H and O–H groups in total. The van der Waals surface area contributed by atoms with Crippen molar-refractivity contribution in [1.29, 1.82) is 0 Å². The van der Waals surface area contributed by atoms with Gasteiger partial charge in [-0.15, -0.1) is 12.4 Å². The van der Waals surface area contributed by atoms with Gasteiger partial charge in [-0.1, -0.05) is 19.3 Å². The number of hydrogen-bond donors (Lipinski definition) is 2. The zero-order chi connectivity index (χ0) is 9.80. The quantitative estimate of drug-likeness (QED) is 0.690. The maximum atomic E-state index is 8.66. The van der Waals surface area contributed by atoms with Crippen LogP contribution < -0.4 is 5.32 Å². The van der Waals surface area contributed by atoms with Crippen LogP contribution in [0.1, 0.15) is 38.5 Å². The van der Waals surface area contributed by atoms with E-state index in [1.807, 2.05) is 0 Å². The van der Waals surface area contributed by atoms with Crippen molar-refractivity contribution < 1.29 is 5.11 Å². The van der Waals surface area contributed by atoms with Gasteiger partial charge in [0.2, 0.25) is 0 Å². The van der Waals surface area contributed by atoms with Crippen molar-refractivity contribution in [2.45, 2.75) is 38.5 Å². The van der Waals surface area contributed by atoms with Crippen LogP contribution in [0.15, 0.2) is 0 Å². The van der Waals surface area contributed by atoms with Crippen molar-refractivity contribution in [3.8, 4) is 0 Å². The van der Waals surface area contributed by atoms with E-state index in [4.69, 9.17) is 5.11 Å². The summed E-state index contributed by atoms with van der Waals surface area (Å²) in [5.41, 5.74) is 0. The normalized spacial score (nSPS) is 33.0. The number of nitrogens with one attached hydrogen (secondary N) is 1. The fourth-order valence-electron chi connectivity index (χ4n) is 3.17. The average Bonchev–Trinajstić information content (AvgIpc) is 2.24. The fraction of sp³-hybridized carbons (Fsp3) is 1.00. The third-order valence-electron chi connectivity index (χ3n) is 4.08. The van der Waals surface area contributed by atoms with E-state index in [1.54, 1.807) is 0 Å². The van der Waals surface area contributed by atoms with Crippen LogP contribution in [-0.4, -0.2) is 24.8 Å². The molecule has 2 unspecified atom stereocenters. The van der Waals surface area contributed by atoms with Crippen molar-refractivity contribution in [3.05, 3.63) is 0 Å². The zero-order valence-electron chi connectivity index (χ0n) is 9.45. The largest absolute Gasteiger partial charge is 0.396 e. The number of hydrogen-bond acceptors (Lipinski definition) is 2. The van der Waals surface area contributed by atoms with Crippen LogP contribution in [0, 0.1) is 17.8 Å². The minimum Gasteiger partial charge on any atom is -0.396 e. The highest BCUT2D eigenvalue weighted by atomic mass is 35.5. The van der Waals surface area contributed by atoms with Gasteiger partial charge in [0.05, 0.1) is 0 Å². The molecule has 90 valence electrons. The number of aliphatic hydroxyl groups is 1. The second-order valence-corrected chi connectivity index (χ2v) is 5.00. The highest BCUT2D eigenvalue weighted by molar-refractivity contribution is 5.85. The first-order valence-electron chi connectivity index (χ1n) is 6.23. The summed E-state index contributed by atoms with van der Waals surface area (Å²) < 4.78 is 0. The van der Waals surface area contributed by atoms with Gasteiger partial charge in [-0.05, 0) is 50.1 Å². The van der Waals surface area contributed by atoms with Gasteiger partial charge in [0.15, 0.2) is 0 Å². The molecule has 2 atom stereocenters. The van der Waals surface area contributed by atoms with Gasteiger partial charge in [0.1, 0.15) is 0 Å². The summed E-state index contributed by atoms with van der Waals surface area (Å²) in [6.07, 6.45) is 7.87. The van der Waals surface area contributed by atoms with E-state index in [0.717, 1.165) is 24.2 Å². The van der Waals surface area contributed by atoms with Gasteiger partial charge >= 0.3 is 0 Å². The number of aliphatic hydroxyl groups excluding tert-OH is 1. The van der Waals surface area contributed by atoms with Crippen LogP contribution in [0.25, 0.3) is 0 Å². The van der Waals surface area contributed by atoms with Crippen LogP contribution in [-0.2, 0) is 0 Å². The molecule has 0 aromatic rings. The van der Waals surface area contributed by atoms with Gasteiger partial charge in [0.25, 0.3) is 0 Å². The lowest BCUT2D eigenvalue weighted by Crippen LogP contribution is -2.53. The highest BCUT2D eigenvalue weighted by Crippen LogP contribution is 2.45. The van der Waals surface area contributed by atoms with E-state index < -0.39 is 0 Å². The van der Waals surface area contributed by atoms with Crippen molar-refractivity contribution in [2.75, 3.05) is 19.7 Å². The van der Waals surface area contributed by atoms with Crippen LogP contribution in [0.3, 0.4) is 0 Å². The highest BCUT2D eigenvalue weighted by Gasteiger charge is 2.42. The molecule has 2 nitrogen and oxygen atoms in total. The predicted molar refractivity (Wildman–Crippen MR) is 65.4 cm³/mol. The molecule has 0 amide bonds. The van der Waals surface area contributed by atoms with Crippen molar-refractivity contribution in [2.24, 2.45) is 17.8 Å². The van der Waals surface area contributed by atoms with E-state index in [2.05, 4.69) is 5.32 Å². The molecule has 2 saturated heterocycles. The van der Waals surface area contributed by atoms with E-state index >= 15 is 0 Å². The van der Waals surface area contributed by atoms with Crippen LogP contribution in [0.4, 0.5) is 0 Å². The number of rotatable bonds is 6. The smallest absolute Gasteiger partial charge is 0.0431 e. The molecule has 15 heavy (non-hydrogen) atoms. The van der Waals surface area contributed by atoms with E-state index in [0.29, 0.717) is 6.61 Å². The van der Waals surface area contributed by atoms with Gasteiger partial charge in [-0.3, -0.25) is 0 Å². The van der Waals surface area contributed by atoms with Crippen LogP contribution in [0.5, 0.6) is 0 Å². The van der Waals surface area contributed by atoms with Gasteiger partial charge in [0, 0.05) is 6.61 Å². The molecule has 1 saturated carbocycles. The Labute approximate surface area is 99.2 Å². The second kappa shape index (κ2) is 6.72. The third kappa shape index (κ3) is 3.33. The Hall–Kier alpha value is 0.210. The van der Waals surface area contributed by atoms with Gasteiger partial charge in [-0.2, -0.15) is 0 Å². The molecule has 3 fully saturated rings. The molecule has 3 heteroatoms. The lowest BCUT2D eigenvalue weighted by Gasteiger charge is -2.50. The van der Waals surface area contributed by atoms with Crippen LogP contribution >= 0.6 is 12.4 Å². The lowest BCUT2D eigenvalue weighted by molar-refractivity contribution is 0.0232. The second-order valence-electron chi connectivity index (χ2n) is 5.00. The first-order valence-corrected chi connectivity index (χ1v) is 6.23. The van der Waals surface area contributed by atoms with Crippen molar-refractivity contribution >= 4 is 12.4 Å². The summed E-state index contributed by atoms with van der Waals surface area (Å²) in [6.45, 7) is 2.92. The Bertz CT molecular complexity index is 163. The van der Waals surface area contributed by atoms with E-state index in [9.17, 15) is 0 Å². The minimum atomic E-state index is 0. The monoisotopic (exact) mass is 233 g/mol. The topological polar surface area (TPSA) is 32.3 Å². The Morgan fingerprint density at radius 2 is 1.67 bits per heavy atom.